The van der Waals surface area contributed by atoms with Crippen molar-refractivity contribution >= 4 is 18.0 Å². The highest BCUT2D eigenvalue weighted by molar-refractivity contribution is 5.75. The van der Waals surface area contributed by atoms with Crippen LogP contribution in [0.3, 0.4) is 0 Å². The minimum atomic E-state index is 0.470. The van der Waals surface area contributed by atoms with Crippen molar-refractivity contribution in [2.24, 2.45) is 10.7 Å². The zero-order valence-electron chi connectivity index (χ0n) is 16.4. The van der Waals surface area contributed by atoms with Gasteiger partial charge in [0.05, 0.1) is 13.7 Å². The molecule has 1 aliphatic rings. The summed E-state index contributed by atoms with van der Waals surface area (Å²) in [7, 11) is 3.33. The van der Waals surface area contributed by atoms with E-state index in [0.717, 1.165) is 18.7 Å². The molecule has 1 aromatic heterocycles. The lowest BCUT2D eigenvalue weighted by Gasteiger charge is -2.16. The Morgan fingerprint density at radius 1 is 1.33 bits per heavy atom. The Hall–Kier alpha value is -2.61. The molecule has 148 valence electrons. The normalized spacial score (nSPS) is 16.1. The Kier molecular flexibility index (Phi) is 8.57. The van der Waals surface area contributed by atoms with E-state index < -0.39 is 0 Å². The van der Waals surface area contributed by atoms with E-state index in [9.17, 15) is 0 Å². The zero-order valence-corrected chi connectivity index (χ0v) is 16.4. The zero-order chi connectivity index (χ0) is 19.5. The second-order valence-electron chi connectivity index (χ2n) is 6.24. The van der Waals surface area contributed by atoms with Crippen molar-refractivity contribution in [3.05, 3.63) is 35.6 Å². The first-order valence-corrected chi connectivity index (χ1v) is 9.25. The van der Waals surface area contributed by atoms with Gasteiger partial charge >= 0.3 is 0 Å². The van der Waals surface area contributed by atoms with E-state index in [1.54, 1.807) is 32.5 Å². The number of hydrogen-bond donors (Lipinski definition) is 2. The van der Waals surface area contributed by atoms with Gasteiger partial charge in [-0.05, 0) is 39.3 Å². The van der Waals surface area contributed by atoms with E-state index in [4.69, 9.17) is 15.2 Å². The molecule has 2 rings (SSSR count). The van der Waals surface area contributed by atoms with Gasteiger partial charge in [0.25, 0.3) is 0 Å². The number of ether oxygens (including phenoxy) is 2. The Morgan fingerprint density at radius 3 is 2.78 bits per heavy atom. The molecule has 8 nitrogen and oxygen atoms in total. The van der Waals surface area contributed by atoms with Gasteiger partial charge in [0.2, 0.25) is 5.95 Å². The van der Waals surface area contributed by atoms with Gasteiger partial charge in [-0.25, -0.2) is 9.98 Å². The van der Waals surface area contributed by atoms with Gasteiger partial charge in [0.15, 0.2) is 17.3 Å². The summed E-state index contributed by atoms with van der Waals surface area (Å²) in [5.74, 6) is 2.11. The number of allylic oxidation sites excluding steroid dienone is 1. The van der Waals surface area contributed by atoms with Crippen LogP contribution in [0, 0.1) is 6.92 Å². The van der Waals surface area contributed by atoms with Crippen LogP contribution in [-0.2, 0) is 9.47 Å². The third-order valence-corrected chi connectivity index (χ3v) is 4.19. The summed E-state index contributed by atoms with van der Waals surface area (Å²) in [6.07, 6.45) is 8.28. The van der Waals surface area contributed by atoms with Gasteiger partial charge in [-0.3, -0.25) is 0 Å². The molecule has 1 aromatic rings. The molecular formula is C19H30N6O2. The number of nitrogens with zero attached hydrogens (tertiary/aromatic N) is 4. The van der Waals surface area contributed by atoms with Crippen LogP contribution in [0.1, 0.15) is 25.0 Å². The molecule has 0 unspecified atom stereocenters. The SMILES string of the molecule is CNc1nc(C)cc(N=CC=C(OCCCN2CCCC2)C(=CN)OC)n1. The third kappa shape index (κ3) is 6.90. The summed E-state index contributed by atoms with van der Waals surface area (Å²) >= 11 is 0. The lowest BCUT2D eigenvalue weighted by atomic mass is 10.3. The summed E-state index contributed by atoms with van der Waals surface area (Å²) in [6, 6.07) is 1.80. The lowest BCUT2D eigenvalue weighted by Crippen LogP contribution is -2.21. The Labute approximate surface area is 161 Å². The second kappa shape index (κ2) is 11.2. The minimum absolute atomic E-state index is 0.470. The maximum atomic E-state index is 5.88. The van der Waals surface area contributed by atoms with Gasteiger partial charge < -0.3 is 25.4 Å². The highest BCUT2D eigenvalue weighted by Gasteiger charge is 2.11. The van der Waals surface area contributed by atoms with Crippen molar-refractivity contribution < 1.29 is 9.47 Å². The van der Waals surface area contributed by atoms with Crippen LogP contribution >= 0.6 is 0 Å². The largest absolute Gasteiger partial charge is 0.491 e. The summed E-state index contributed by atoms with van der Waals surface area (Å²) in [4.78, 5) is 15.3. The van der Waals surface area contributed by atoms with Crippen molar-refractivity contribution in [1.82, 2.24) is 14.9 Å². The average Bonchev–Trinajstić information content (AvgIpc) is 3.18. The summed E-state index contributed by atoms with van der Waals surface area (Å²) in [5, 5.41) is 2.92. The number of anilines is 1. The third-order valence-electron chi connectivity index (χ3n) is 4.19. The van der Waals surface area contributed by atoms with Crippen LogP contribution in [0.4, 0.5) is 11.8 Å². The molecule has 0 aromatic carbocycles. The maximum Gasteiger partial charge on any atom is 0.224 e. The summed E-state index contributed by atoms with van der Waals surface area (Å²) in [6.45, 7) is 5.91. The fraction of sp³-hybridized carbons (Fsp3) is 0.526. The van der Waals surface area contributed by atoms with Crippen LogP contribution in [0.25, 0.3) is 0 Å². The number of aromatic nitrogens is 2. The lowest BCUT2D eigenvalue weighted by molar-refractivity contribution is 0.164. The highest BCUT2D eigenvalue weighted by atomic mass is 16.5. The average molecular weight is 374 g/mol. The van der Waals surface area contributed by atoms with Crippen molar-refractivity contribution in [3.63, 3.8) is 0 Å². The molecule has 1 aliphatic heterocycles. The molecule has 8 heteroatoms. The predicted octanol–water partition coefficient (Wildman–Crippen LogP) is 2.36. The Bertz CT molecular complexity index is 681. The Balaban J connectivity index is 1.98. The van der Waals surface area contributed by atoms with E-state index in [-0.39, 0.29) is 0 Å². The van der Waals surface area contributed by atoms with Crippen molar-refractivity contribution in [1.29, 1.82) is 0 Å². The van der Waals surface area contributed by atoms with Crippen LogP contribution in [0.15, 0.2) is 34.9 Å². The van der Waals surface area contributed by atoms with Crippen LogP contribution < -0.4 is 11.1 Å². The van der Waals surface area contributed by atoms with Gasteiger partial charge in [0, 0.05) is 43.8 Å². The topological polar surface area (TPSA) is 97.9 Å². The monoisotopic (exact) mass is 374 g/mol. The molecule has 0 bridgehead atoms. The first kappa shape index (κ1) is 20.7. The standard InChI is InChI=1S/C19H30N6O2/c1-15-13-18(24-19(21-2)23-15)22-8-7-16(17(14-20)26-3)27-12-6-11-25-9-4-5-10-25/h7-8,13-14H,4-6,9-12,20H2,1-3H3,(H,21,23,24). The first-order chi connectivity index (χ1) is 13.2. The predicted molar refractivity (Wildman–Crippen MR) is 108 cm³/mol. The summed E-state index contributed by atoms with van der Waals surface area (Å²) < 4.78 is 11.2. The quantitative estimate of drug-likeness (QED) is 0.281. The molecule has 0 radical (unpaired) electrons. The molecule has 1 fully saturated rings. The second-order valence-corrected chi connectivity index (χ2v) is 6.24. The highest BCUT2D eigenvalue weighted by Crippen LogP contribution is 2.14. The van der Waals surface area contributed by atoms with E-state index >= 15 is 0 Å². The van der Waals surface area contributed by atoms with Gasteiger partial charge in [-0.1, -0.05) is 0 Å². The molecule has 0 saturated carbocycles. The molecule has 2 heterocycles. The van der Waals surface area contributed by atoms with Crippen molar-refractivity contribution in [2.45, 2.75) is 26.2 Å². The van der Waals surface area contributed by atoms with E-state index in [2.05, 4.69) is 25.2 Å². The molecular weight excluding hydrogens is 344 g/mol. The molecule has 0 aliphatic carbocycles. The van der Waals surface area contributed by atoms with E-state index in [1.807, 2.05) is 6.92 Å². The first-order valence-electron chi connectivity index (χ1n) is 9.25. The van der Waals surface area contributed by atoms with E-state index in [1.165, 1.54) is 32.1 Å². The molecule has 0 atom stereocenters. The molecule has 3 N–H and O–H groups in total. The number of likely N-dealkylation sites (tertiary alicyclic amines) is 1. The number of aryl methyl sites for hydroxylation is 1. The van der Waals surface area contributed by atoms with Crippen LogP contribution in [0.5, 0.6) is 0 Å². The van der Waals surface area contributed by atoms with Crippen molar-refractivity contribution in [3.8, 4) is 0 Å². The number of rotatable bonds is 10. The minimum Gasteiger partial charge on any atom is -0.491 e. The molecule has 27 heavy (non-hydrogen) atoms. The maximum absolute atomic E-state index is 5.88. The van der Waals surface area contributed by atoms with Gasteiger partial charge in [-0.2, -0.15) is 4.98 Å². The number of hydrogen-bond acceptors (Lipinski definition) is 8. The molecule has 0 amide bonds. The van der Waals surface area contributed by atoms with E-state index in [0.29, 0.717) is 29.9 Å². The number of methoxy groups -OCH3 is 1. The van der Waals surface area contributed by atoms with Gasteiger partial charge in [0.1, 0.15) is 0 Å². The van der Waals surface area contributed by atoms with Crippen LogP contribution in [-0.4, -0.2) is 61.5 Å². The molecule has 1 saturated heterocycles. The Morgan fingerprint density at radius 2 is 2.11 bits per heavy atom. The smallest absolute Gasteiger partial charge is 0.224 e. The number of aliphatic imine (C=N–C) groups is 1. The summed E-state index contributed by atoms with van der Waals surface area (Å²) in [5.41, 5.74) is 6.48. The number of nitrogens with two attached hydrogens (primary N) is 1. The van der Waals surface area contributed by atoms with Gasteiger partial charge in [-0.15, -0.1) is 0 Å². The van der Waals surface area contributed by atoms with Crippen LogP contribution in [0.2, 0.25) is 0 Å². The molecule has 0 spiro atoms. The fourth-order valence-corrected chi connectivity index (χ4v) is 2.84. The van der Waals surface area contributed by atoms with Crippen molar-refractivity contribution in [2.75, 3.05) is 45.7 Å². The number of nitrogens with one attached hydrogen (secondary N) is 1. The fourth-order valence-electron chi connectivity index (χ4n) is 2.84.